The number of hydrogen-bond acceptors (Lipinski definition) is 3. The number of phenols is 1. The van der Waals surface area contributed by atoms with Crippen molar-refractivity contribution in [1.82, 2.24) is 0 Å². The van der Waals surface area contributed by atoms with Crippen molar-refractivity contribution >= 4 is 11.8 Å². The van der Waals surface area contributed by atoms with Gasteiger partial charge in [-0.15, -0.1) is 18.2 Å². The van der Waals surface area contributed by atoms with Gasteiger partial charge in [0.2, 0.25) is 0 Å². The molecule has 2 atom stereocenters. The lowest BCUT2D eigenvalue weighted by Gasteiger charge is -2.18. The largest absolute Gasteiger partial charge is 0.508 e. The molecule has 0 aliphatic heterocycles. The topological polar surface area (TPSA) is 40.5 Å². The molecule has 0 aromatic heterocycles. The molecule has 2 rings (SSSR count). The standard InChI is InChI=1S/C16H14O2S/c1-2-15(19-14-6-4-3-5-7-14)16(18)12-8-10-13(17)11-9-12/h1,3-11,15-18H/t15-,16-/m1/s1. The van der Waals surface area contributed by atoms with Gasteiger partial charge in [0, 0.05) is 4.90 Å². The molecule has 0 bridgehead atoms. The zero-order valence-corrected chi connectivity index (χ0v) is 11.0. The minimum atomic E-state index is -0.768. The number of aliphatic hydroxyl groups is 1. The summed E-state index contributed by atoms with van der Waals surface area (Å²) in [4.78, 5) is 1.02. The van der Waals surface area contributed by atoms with Crippen molar-refractivity contribution in [3.05, 3.63) is 60.2 Å². The van der Waals surface area contributed by atoms with Crippen LogP contribution in [-0.2, 0) is 0 Å². The molecular weight excluding hydrogens is 256 g/mol. The van der Waals surface area contributed by atoms with Crippen LogP contribution in [0.2, 0.25) is 0 Å². The molecule has 3 heteroatoms. The first-order valence-electron chi connectivity index (χ1n) is 5.85. The number of benzene rings is 2. The molecule has 96 valence electrons. The van der Waals surface area contributed by atoms with Gasteiger partial charge in [0.05, 0.1) is 0 Å². The number of phenolic OH excluding ortho intramolecular Hbond substituents is 1. The molecular formula is C16H14O2S. The number of aromatic hydroxyl groups is 1. The van der Waals surface area contributed by atoms with E-state index < -0.39 is 6.10 Å². The van der Waals surface area contributed by atoms with Crippen molar-refractivity contribution in [2.75, 3.05) is 0 Å². The third-order valence-corrected chi connectivity index (χ3v) is 3.88. The summed E-state index contributed by atoms with van der Waals surface area (Å²) in [5.74, 6) is 2.78. The maximum atomic E-state index is 10.3. The molecule has 0 aliphatic rings. The number of hydrogen-bond donors (Lipinski definition) is 2. The van der Waals surface area contributed by atoms with Crippen LogP contribution in [0.5, 0.6) is 5.75 Å². The van der Waals surface area contributed by atoms with Gasteiger partial charge in [0.1, 0.15) is 17.1 Å². The van der Waals surface area contributed by atoms with Gasteiger partial charge in [-0.05, 0) is 29.8 Å². The highest BCUT2D eigenvalue weighted by atomic mass is 32.2. The van der Waals surface area contributed by atoms with Crippen LogP contribution in [0.15, 0.2) is 59.5 Å². The summed E-state index contributed by atoms with van der Waals surface area (Å²) in [6.45, 7) is 0. The van der Waals surface area contributed by atoms with Crippen LogP contribution in [-0.4, -0.2) is 15.5 Å². The second-order valence-corrected chi connectivity index (χ2v) is 5.27. The molecule has 0 fully saturated rings. The van der Waals surface area contributed by atoms with Crippen molar-refractivity contribution in [1.29, 1.82) is 0 Å². The summed E-state index contributed by atoms with van der Waals surface area (Å²) in [6.07, 6.45) is 4.74. The Hall–Kier alpha value is -1.89. The van der Waals surface area contributed by atoms with E-state index in [1.807, 2.05) is 30.3 Å². The van der Waals surface area contributed by atoms with E-state index >= 15 is 0 Å². The van der Waals surface area contributed by atoms with Gasteiger partial charge < -0.3 is 10.2 Å². The fourth-order valence-corrected chi connectivity index (χ4v) is 2.64. The Balaban J connectivity index is 2.14. The van der Waals surface area contributed by atoms with Gasteiger partial charge in [-0.1, -0.05) is 36.3 Å². The molecule has 2 nitrogen and oxygen atoms in total. The van der Waals surface area contributed by atoms with Gasteiger partial charge in [0.25, 0.3) is 0 Å². The lowest BCUT2D eigenvalue weighted by atomic mass is 10.1. The average molecular weight is 270 g/mol. The van der Waals surface area contributed by atoms with Crippen LogP contribution in [0.4, 0.5) is 0 Å². The van der Waals surface area contributed by atoms with Crippen LogP contribution >= 0.6 is 11.8 Å². The summed E-state index contributed by atoms with van der Waals surface area (Å²) in [6, 6.07) is 16.2. The minimum absolute atomic E-state index is 0.170. The third-order valence-electron chi connectivity index (χ3n) is 2.69. The zero-order chi connectivity index (χ0) is 13.7. The number of aliphatic hydroxyl groups excluding tert-OH is 1. The van der Waals surface area contributed by atoms with Gasteiger partial charge in [-0.3, -0.25) is 0 Å². The molecule has 0 amide bonds. The molecule has 0 saturated heterocycles. The van der Waals surface area contributed by atoms with E-state index in [1.165, 1.54) is 11.8 Å². The zero-order valence-electron chi connectivity index (χ0n) is 10.2. The van der Waals surface area contributed by atoms with Crippen LogP contribution in [0.3, 0.4) is 0 Å². The molecule has 0 radical (unpaired) electrons. The van der Waals surface area contributed by atoms with Crippen molar-refractivity contribution < 1.29 is 10.2 Å². The number of terminal acetylenes is 1. The van der Waals surface area contributed by atoms with E-state index in [1.54, 1.807) is 24.3 Å². The smallest absolute Gasteiger partial charge is 0.115 e. The van der Waals surface area contributed by atoms with E-state index in [9.17, 15) is 10.2 Å². The summed E-state index contributed by atoms with van der Waals surface area (Å²) in [5, 5.41) is 19.2. The Bertz CT molecular complexity index is 558. The second kappa shape index (κ2) is 6.33. The second-order valence-electron chi connectivity index (χ2n) is 4.05. The Labute approximate surface area is 117 Å². The molecule has 0 heterocycles. The fourth-order valence-electron chi connectivity index (χ4n) is 1.68. The highest BCUT2D eigenvalue weighted by Crippen LogP contribution is 2.32. The predicted octanol–water partition coefficient (Wildman–Crippen LogP) is 3.22. The Morgan fingerprint density at radius 2 is 1.63 bits per heavy atom. The monoisotopic (exact) mass is 270 g/mol. The van der Waals surface area contributed by atoms with E-state index in [2.05, 4.69) is 5.92 Å². The summed E-state index contributed by atoms with van der Waals surface area (Å²) in [7, 11) is 0. The molecule has 2 N–H and O–H groups in total. The first kappa shape index (κ1) is 13.5. The molecule has 0 saturated carbocycles. The highest BCUT2D eigenvalue weighted by Gasteiger charge is 2.19. The van der Waals surface area contributed by atoms with Crippen molar-refractivity contribution in [3.63, 3.8) is 0 Å². The minimum Gasteiger partial charge on any atom is -0.508 e. The molecule has 0 aliphatic carbocycles. The normalized spacial score (nSPS) is 13.5. The molecule has 0 unspecified atom stereocenters. The SMILES string of the molecule is C#C[C@@H](Sc1ccccc1)[C@H](O)c1ccc(O)cc1. The van der Waals surface area contributed by atoms with Gasteiger partial charge >= 0.3 is 0 Å². The lowest BCUT2D eigenvalue weighted by molar-refractivity contribution is 0.189. The van der Waals surface area contributed by atoms with E-state index in [0.717, 1.165) is 4.90 Å². The number of rotatable bonds is 4. The first-order chi connectivity index (χ1) is 9.20. The third kappa shape index (κ3) is 3.54. The van der Waals surface area contributed by atoms with E-state index in [-0.39, 0.29) is 11.0 Å². The van der Waals surface area contributed by atoms with Crippen LogP contribution in [0.1, 0.15) is 11.7 Å². The van der Waals surface area contributed by atoms with Gasteiger partial charge in [-0.2, -0.15) is 0 Å². The van der Waals surface area contributed by atoms with Gasteiger partial charge in [-0.25, -0.2) is 0 Å². The molecule has 2 aromatic rings. The lowest BCUT2D eigenvalue weighted by Crippen LogP contribution is -2.12. The van der Waals surface area contributed by atoms with Crippen molar-refractivity contribution in [2.45, 2.75) is 16.2 Å². The maximum absolute atomic E-state index is 10.3. The van der Waals surface area contributed by atoms with E-state index in [4.69, 9.17) is 6.42 Å². The Morgan fingerprint density at radius 1 is 1.00 bits per heavy atom. The quantitative estimate of drug-likeness (QED) is 0.662. The summed E-state index contributed by atoms with van der Waals surface area (Å²) < 4.78 is 0. The van der Waals surface area contributed by atoms with Crippen molar-refractivity contribution in [3.8, 4) is 18.1 Å². The van der Waals surface area contributed by atoms with E-state index in [0.29, 0.717) is 5.56 Å². The van der Waals surface area contributed by atoms with Crippen molar-refractivity contribution in [2.24, 2.45) is 0 Å². The predicted molar refractivity (Wildman–Crippen MR) is 78.0 cm³/mol. The maximum Gasteiger partial charge on any atom is 0.115 e. The first-order valence-corrected chi connectivity index (χ1v) is 6.73. The highest BCUT2D eigenvalue weighted by molar-refractivity contribution is 8.00. The average Bonchev–Trinajstić information content (AvgIpc) is 2.46. The molecule has 19 heavy (non-hydrogen) atoms. The number of thioether (sulfide) groups is 1. The molecule has 0 spiro atoms. The summed E-state index contributed by atoms with van der Waals surface area (Å²) in [5.41, 5.74) is 0.698. The Morgan fingerprint density at radius 3 is 2.21 bits per heavy atom. The van der Waals surface area contributed by atoms with Crippen LogP contribution in [0.25, 0.3) is 0 Å². The van der Waals surface area contributed by atoms with Crippen LogP contribution in [0, 0.1) is 12.3 Å². The van der Waals surface area contributed by atoms with Crippen LogP contribution < -0.4 is 0 Å². The van der Waals surface area contributed by atoms with Gasteiger partial charge in [0.15, 0.2) is 0 Å². The fraction of sp³-hybridized carbons (Fsp3) is 0.125. The Kier molecular flexibility index (Phi) is 4.51. The summed E-state index contributed by atoms with van der Waals surface area (Å²) >= 11 is 1.45. The molecule has 2 aromatic carbocycles.